The number of esters is 1. The first-order valence-corrected chi connectivity index (χ1v) is 12.6. The molecule has 0 radical (unpaired) electrons. The molecule has 1 unspecified atom stereocenters. The van der Waals surface area contributed by atoms with E-state index < -0.39 is 5.54 Å². The van der Waals surface area contributed by atoms with E-state index in [1.807, 2.05) is 37.4 Å². The quantitative estimate of drug-likeness (QED) is 0.172. The van der Waals surface area contributed by atoms with Gasteiger partial charge in [0, 0.05) is 24.2 Å². The van der Waals surface area contributed by atoms with E-state index >= 15 is 0 Å². The molecule has 3 aromatic carbocycles. The van der Waals surface area contributed by atoms with Gasteiger partial charge < -0.3 is 4.74 Å². The molecular formula is C30H28ClN3O2. The van der Waals surface area contributed by atoms with Gasteiger partial charge >= 0.3 is 5.97 Å². The van der Waals surface area contributed by atoms with Crippen LogP contribution < -0.4 is 10.4 Å². The number of hydrazine groups is 1. The fourth-order valence-electron chi connectivity index (χ4n) is 5.11. The number of carbonyl (C=O) groups excluding carboxylic acids is 1. The zero-order valence-corrected chi connectivity index (χ0v) is 20.9. The molecule has 36 heavy (non-hydrogen) atoms. The van der Waals surface area contributed by atoms with Gasteiger partial charge in [0.1, 0.15) is 10.7 Å². The Kier molecular flexibility index (Phi) is 7.03. The summed E-state index contributed by atoms with van der Waals surface area (Å²) in [7, 11) is 0. The third-order valence-electron chi connectivity index (χ3n) is 6.63. The van der Waals surface area contributed by atoms with E-state index in [0.717, 1.165) is 27.9 Å². The van der Waals surface area contributed by atoms with Crippen LogP contribution in [0.4, 0.5) is 5.69 Å². The summed E-state index contributed by atoms with van der Waals surface area (Å²) >= 11 is 6.45. The molecule has 182 valence electrons. The van der Waals surface area contributed by atoms with Gasteiger partial charge in [-0.2, -0.15) is 0 Å². The average Bonchev–Trinajstić information content (AvgIpc) is 3.28. The van der Waals surface area contributed by atoms with Crippen molar-refractivity contribution in [2.24, 2.45) is 0 Å². The van der Waals surface area contributed by atoms with Crippen molar-refractivity contribution in [3.05, 3.63) is 131 Å². The van der Waals surface area contributed by atoms with Crippen LogP contribution in [0.2, 0.25) is 5.15 Å². The Morgan fingerprint density at radius 2 is 1.47 bits per heavy atom. The number of halogens is 1. The molecule has 2 heterocycles. The summed E-state index contributed by atoms with van der Waals surface area (Å²) in [5, 5.41) is 2.61. The second-order valence-electron chi connectivity index (χ2n) is 8.74. The summed E-state index contributed by atoms with van der Waals surface area (Å²) in [6.07, 6.45) is 2.68. The minimum Gasteiger partial charge on any atom is -0.466 e. The van der Waals surface area contributed by atoms with E-state index in [0.29, 0.717) is 24.6 Å². The maximum absolute atomic E-state index is 12.2. The molecule has 0 saturated carbocycles. The average molecular weight is 498 g/mol. The van der Waals surface area contributed by atoms with Gasteiger partial charge in [-0.05, 0) is 30.0 Å². The fraction of sp³-hybridized carbons (Fsp3) is 0.200. The third-order valence-corrected chi connectivity index (χ3v) is 6.84. The number of hydrogen-bond acceptors (Lipinski definition) is 5. The highest BCUT2D eigenvalue weighted by atomic mass is 35.5. The summed E-state index contributed by atoms with van der Waals surface area (Å²) in [5.41, 5.74) is 8.24. The standard InChI is InChI=1S/C30H28ClN3O2/c1-2-36-29(35)19-18-26-25-21-32-28(31)20-27(25)34(33-26)30(22-12-6-3-7-13-22,23-14-8-4-9-15-23)24-16-10-5-11-17-24/h3-17,20-21,26,33H,2,18-19H2,1H3. The lowest BCUT2D eigenvalue weighted by molar-refractivity contribution is -0.143. The summed E-state index contributed by atoms with van der Waals surface area (Å²) in [6, 6.07) is 33.1. The fourth-order valence-corrected chi connectivity index (χ4v) is 5.26. The highest BCUT2D eigenvalue weighted by Gasteiger charge is 2.47. The van der Waals surface area contributed by atoms with Gasteiger partial charge in [-0.1, -0.05) is 103 Å². The first kappa shape index (κ1) is 24.0. The van der Waals surface area contributed by atoms with Crippen LogP contribution in [0, 0.1) is 0 Å². The summed E-state index contributed by atoms with van der Waals surface area (Å²) in [6.45, 7) is 2.19. The molecule has 5 nitrogen and oxygen atoms in total. The molecule has 5 rings (SSSR count). The molecule has 6 heteroatoms. The Balaban J connectivity index is 1.72. The van der Waals surface area contributed by atoms with E-state index in [1.165, 1.54) is 0 Å². The smallest absolute Gasteiger partial charge is 0.305 e. The van der Waals surface area contributed by atoms with Crippen LogP contribution in [0.5, 0.6) is 0 Å². The summed E-state index contributed by atoms with van der Waals surface area (Å²) in [4.78, 5) is 16.6. The van der Waals surface area contributed by atoms with Gasteiger partial charge in [-0.3, -0.25) is 9.80 Å². The van der Waals surface area contributed by atoms with E-state index in [1.54, 1.807) is 0 Å². The molecule has 1 N–H and O–H groups in total. The molecule has 0 bridgehead atoms. The molecule has 0 aliphatic carbocycles. The van der Waals surface area contributed by atoms with Crippen LogP contribution in [-0.2, 0) is 15.1 Å². The van der Waals surface area contributed by atoms with E-state index in [9.17, 15) is 4.79 Å². The zero-order chi connectivity index (χ0) is 25.0. The maximum atomic E-state index is 12.2. The monoisotopic (exact) mass is 497 g/mol. The Morgan fingerprint density at radius 1 is 0.944 bits per heavy atom. The van der Waals surface area contributed by atoms with Gasteiger partial charge in [0.05, 0.1) is 18.3 Å². The second kappa shape index (κ2) is 10.5. The number of pyridine rings is 1. The Morgan fingerprint density at radius 3 is 1.97 bits per heavy atom. The van der Waals surface area contributed by atoms with Gasteiger partial charge in [-0.25, -0.2) is 10.4 Å². The lowest BCUT2D eigenvalue weighted by atomic mass is 9.76. The Labute approximate surface area is 216 Å². The number of ether oxygens (including phenoxy) is 1. The maximum Gasteiger partial charge on any atom is 0.305 e. The van der Waals surface area contributed by atoms with Gasteiger partial charge in [0.15, 0.2) is 0 Å². The van der Waals surface area contributed by atoms with E-state index in [-0.39, 0.29) is 12.0 Å². The number of rotatable bonds is 8. The molecule has 1 aromatic heterocycles. The molecule has 0 fully saturated rings. The van der Waals surface area contributed by atoms with Crippen molar-refractivity contribution in [2.75, 3.05) is 11.6 Å². The van der Waals surface area contributed by atoms with Crippen LogP contribution in [0.25, 0.3) is 0 Å². The summed E-state index contributed by atoms with van der Waals surface area (Å²) in [5.74, 6) is -0.207. The third kappa shape index (κ3) is 4.36. The molecule has 0 amide bonds. The van der Waals surface area contributed by atoms with Crippen molar-refractivity contribution >= 4 is 23.3 Å². The molecule has 0 saturated heterocycles. The molecular weight excluding hydrogens is 470 g/mol. The lowest BCUT2D eigenvalue weighted by Crippen LogP contribution is -2.53. The molecule has 0 spiro atoms. The number of benzene rings is 3. The first-order chi connectivity index (χ1) is 17.6. The number of hydrogen-bond donors (Lipinski definition) is 1. The zero-order valence-electron chi connectivity index (χ0n) is 20.1. The van der Waals surface area contributed by atoms with Crippen molar-refractivity contribution in [3.8, 4) is 0 Å². The minimum atomic E-state index is -0.720. The Hall–Kier alpha value is -3.67. The number of carbonyl (C=O) groups is 1. The number of fused-ring (bicyclic) bond motifs is 1. The van der Waals surface area contributed by atoms with Crippen LogP contribution in [0.3, 0.4) is 0 Å². The van der Waals surface area contributed by atoms with Crippen LogP contribution >= 0.6 is 11.6 Å². The van der Waals surface area contributed by atoms with Crippen LogP contribution in [0.1, 0.15) is 48.1 Å². The van der Waals surface area contributed by atoms with Gasteiger partial charge in [0.25, 0.3) is 0 Å². The van der Waals surface area contributed by atoms with Crippen molar-refractivity contribution in [3.63, 3.8) is 0 Å². The molecule has 1 aliphatic heterocycles. The van der Waals surface area contributed by atoms with Crippen molar-refractivity contribution in [1.82, 2.24) is 10.4 Å². The van der Waals surface area contributed by atoms with E-state index in [4.69, 9.17) is 16.3 Å². The predicted octanol–water partition coefficient (Wildman–Crippen LogP) is 6.44. The van der Waals surface area contributed by atoms with Gasteiger partial charge in [0.2, 0.25) is 0 Å². The van der Waals surface area contributed by atoms with Crippen LogP contribution in [-0.4, -0.2) is 17.6 Å². The lowest BCUT2D eigenvalue weighted by Gasteiger charge is -2.45. The topological polar surface area (TPSA) is 54.5 Å². The summed E-state index contributed by atoms with van der Waals surface area (Å²) < 4.78 is 5.19. The number of nitrogens with zero attached hydrogens (tertiary/aromatic N) is 2. The molecule has 1 aliphatic rings. The predicted molar refractivity (Wildman–Crippen MR) is 143 cm³/mol. The second-order valence-corrected chi connectivity index (χ2v) is 9.12. The SMILES string of the molecule is CCOC(=O)CCC1NN(C(c2ccccc2)(c2ccccc2)c2ccccc2)c2cc(Cl)ncc21. The number of anilines is 1. The highest BCUT2D eigenvalue weighted by Crippen LogP contribution is 2.49. The van der Waals surface area contributed by atoms with E-state index in [2.05, 4.69) is 88.2 Å². The number of aromatic nitrogens is 1. The Bertz CT molecular complexity index is 1220. The minimum absolute atomic E-state index is 0.135. The highest BCUT2D eigenvalue weighted by molar-refractivity contribution is 6.29. The van der Waals surface area contributed by atoms with Crippen molar-refractivity contribution < 1.29 is 9.53 Å². The van der Waals surface area contributed by atoms with Crippen molar-refractivity contribution in [2.45, 2.75) is 31.3 Å². The van der Waals surface area contributed by atoms with Crippen molar-refractivity contribution in [1.29, 1.82) is 0 Å². The normalized spacial score (nSPS) is 14.9. The van der Waals surface area contributed by atoms with Crippen LogP contribution in [0.15, 0.2) is 103 Å². The molecule has 4 aromatic rings. The first-order valence-electron chi connectivity index (χ1n) is 12.2. The number of nitrogens with one attached hydrogen (secondary N) is 1. The largest absolute Gasteiger partial charge is 0.466 e. The molecule has 1 atom stereocenters. The van der Waals surface area contributed by atoms with Gasteiger partial charge in [-0.15, -0.1) is 0 Å².